The fourth-order valence-corrected chi connectivity index (χ4v) is 2.72. The molecule has 1 nitrogen and oxygen atoms in total. The van der Waals surface area contributed by atoms with Gasteiger partial charge in [-0.25, -0.2) is 13.2 Å². The minimum absolute atomic E-state index is 0.309. The lowest BCUT2D eigenvalue weighted by Crippen LogP contribution is -2.11. The fourth-order valence-electron chi connectivity index (χ4n) is 1.78. The van der Waals surface area contributed by atoms with Gasteiger partial charge in [0.2, 0.25) is 0 Å². The molecule has 0 unspecified atom stereocenters. The van der Waals surface area contributed by atoms with Crippen LogP contribution in [0, 0.1) is 17.5 Å². The van der Waals surface area contributed by atoms with Crippen LogP contribution >= 0.6 is 11.8 Å². The van der Waals surface area contributed by atoms with Crippen LogP contribution in [0.5, 0.6) is 0 Å². The van der Waals surface area contributed by atoms with E-state index in [0.29, 0.717) is 11.4 Å². The maximum atomic E-state index is 13.3. The molecular weight excluding hydrogens is 283 g/mol. The molecule has 0 spiro atoms. The van der Waals surface area contributed by atoms with E-state index in [0.717, 1.165) is 22.6 Å². The zero-order valence-electron chi connectivity index (χ0n) is 11.2. The Morgan fingerprint density at radius 2 is 1.70 bits per heavy atom. The third-order valence-corrected chi connectivity index (χ3v) is 3.74. The van der Waals surface area contributed by atoms with Gasteiger partial charge >= 0.3 is 0 Å². The summed E-state index contributed by atoms with van der Waals surface area (Å²) in [4.78, 5) is 3.32. The summed E-state index contributed by atoms with van der Waals surface area (Å²) in [5.41, 5.74) is 0.810. The summed E-state index contributed by atoms with van der Waals surface area (Å²) in [5, 5.41) is 0. The Morgan fingerprint density at radius 1 is 0.950 bits per heavy atom. The predicted octanol–water partition coefficient (Wildman–Crippen LogP) is 4.32. The molecule has 0 saturated carbocycles. The molecule has 0 aliphatic rings. The summed E-state index contributed by atoms with van der Waals surface area (Å²) in [5.74, 6) is -2.07. The Kier molecular flexibility index (Phi) is 4.73. The monoisotopic (exact) mass is 297 g/mol. The molecule has 0 amide bonds. The molecule has 106 valence electrons. The van der Waals surface area contributed by atoms with Crippen molar-refractivity contribution in [3.63, 3.8) is 0 Å². The third kappa shape index (κ3) is 3.77. The predicted molar refractivity (Wildman–Crippen MR) is 74.3 cm³/mol. The topological polar surface area (TPSA) is 3.24 Å². The Balaban J connectivity index is 2.30. The number of hydrogen-bond donors (Lipinski definition) is 0. The largest absolute Gasteiger partial charge is 0.305 e. The number of nitrogens with zero attached hydrogens (tertiary/aromatic N) is 1. The first-order valence-electron chi connectivity index (χ1n) is 6.02. The van der Waals surface area contributed by atoms with Crippen LogP contribution in [0.3, 0.4) is 0 Å². The second-order valence-corrected chi connectivity index (χ2v) is 5.78. The van der Waals surface area contributed by atoms with Crippen LogP contribution in [0.1, 0.15) is 5.56 Å². The van der Waals surface area contributed by atoms with Gasteiger partial charge in [-0.2, -0.15) is 0 Å². The molecule has 0 radical (unpaired) electrons. The Bertz CT molecular complexity index is 614. The molecule has 0 bridgehead atoms. The highest BCUT2D eigenvalue weighted by molar-refractivity contribution is 7.99. The smallest absolute Gasteiger partial charge is 0.159 e. The van der Waals surface area contributed by atoms with Gasteiger partial charge in [-0.05, 0) is 56.1 Å². The first kappa shape index (κ1) is 14.9. The van der Waals surface area contributed by atoms with E-state index in [4.69, 9.17) is 0 Å². The van der Waals surface area contributed by atoms with E-state index in [9.17, 15) is 13.2 Å². The lowest BCUT2D eigenvalue weighted by molar-refractivity contribution is 0.398. The van der Waals surface area contributed by atoms with Crippen molar-refractivity contribution >= 4 is 11.8 Å². The molecule has 0 aliphatic heterocycles. The fraction of sp³-hybridized carbons (Fsp3) is 0.200. The molecular formula is C15H14F3NS. The zero-order chi connectivity index (χ0) is 14.7. The lowest BCUT2D eigenvalue weighted by Gasteiger charge is -2.14. The van der Waals surface area contributed by atoms with E-state index >= 15 is 0 Å². The van der Waals surface area contributed by atoms with Crippen molar-refractivity contribution < 1.29 is 13.2 Å². The summed E-state index contributed by atoms with van der Waals surface area (Å²) in [6.45, 7) is 0.573. The van der Waals surface area contributed by atoms with Crippen molar-refractivity contribution in [2.24, 2.45) is 0 Å². The molecule has 2 rings (SSSR count). The van der Waals surface area contributed by atoms with E-state index in [1.165, 1.54) is 30.0 Å². The lowest BCUT2D eigenvalue weighted by atomic mass is 10.2. The van der Waals surface area contributed by atoms with Gasteiger partial charge in [0, 0.05) is 16.3 Å². The number of benzene rings is 2. The van der Waals surface area contributed by atoms with Crippen molar-refractivity contribution in [1.82, 2.24) is 4.90 Å². The van der Waals surface area contributed by atoms with Crippen molar-refractivity contribution in [2.75, 3.05) is 14.1 Å². The molecule has 0 N–H and O–H groups in total. The van der Waals surface area contributed by atoms with Gasteiger partial charge < -0.3 is 4.90 Å². The summed E-state index contributed by atoms with van der Waals surface area (Å²) < 4.78 is 39.4. The number of rotatable bonds is 4. The van der Waals surface area contributed by atoms with E-state index in [1.54, 1.807) is 6.07 Å². The summed E-state index contributed by atoms with van der Waals surface area (Å²) >= 11 is 1.29. The van der Waals surface area contributed by atoms with Crippen LogP contribution in [0.2, 0.25) is 0 Å². The Morgan fingerprint density at radius 3 is 2.35 bits per heavy atom. The van der Waals surface area contributed by atoms with Gasteiger partial charge in [-0.3, -0.25) is 0 Å². The molecule has 0 fully saturated rings. The maximum absolute atomic E-state index is 13.3. The van der Waals surface area contributed by atoms with Crippen LogP contribution < -0.4 is 0 Å². The second kappa shape index (κ2) is 6.33. The summed E-state index contributed by atoms with van der Waals surface area (Å²) in [7, 11) is 3.77. The summed E-state index contributed by atoms with van der Waals surface area (Å²) in [6, 6.07) is 8.21. The molecule has 0 aliphatic carbocycles. The van der Waals surface area contributed by atoms with E-state index in [1.807, 2.05) is 19.0 Å². The SMILES string of the molecule is CN(C)Cc1cc(F)ccc1Sc1ccc(F)c(F)c1. The van der Waals surface area contributed by atoms with E-state index in [-0.39, 0.29) is 5.82 Å². The van der Waals surface area contributed by atoms with Crippen molar-refractivity contribution in [1.29, 1.82) is 0 Å². The normalized spacial score (nSPS) is 11.1. The quantitative estimate of drug-likeness (QED) is 0.827. The van der Waals surface area contributed by atoms with Gasteiger partial charge in [0.1, 0.15) is 5.82 Å². The van der Waals surface area contributed by atoms with Crippen molar-refractivity contribution in [3.8, 4) is 0 Å². The summed E-state index contributed by atoms with van der Waals surface area (Å²) in [6.07, 6.45) is 0. The molecule has 0 atom stereocenters. The molecule has 0 saturated heterocycles. The number of halogens is 3. The van der Waals surface area contributed by atoms with Crippen molar-refractivity contribution in [2.45, 2.75) is 16.3 Å². The Hall–Kier alpha value is -1.46. The van der Waals surface area contributed by atoms with Crippen molar-refractivity contribution in [3.05, 3.63) is 59.4 Å². The average molecular weight is 297 g/mol. The minimum Gasteiger partial charge on any atom is -0.305 e. The highest BCUT2D eigenvalue weighted by atomic mass is 32.2. The Labute approximate surface area is 120 Å². The molecule has 20 heavy (non-hydrogen) atoms. The average Bonchev–Trinajstić information content (AvgIpc) is 2.36. The van der Waals surface area contributed by atoms with Crippen LogP contribution in [-0.4, -0.2) is 19.0 Å². The van der Waals surface area contributed by atoms with Gasteiger partial charge in [0.05, 0.1) is 0 Å². The third-order valence-electron chi connectivity index (χ3n) is 2.63. The molecule has 5 heteroatoms. The molecule has 2 aromatic carbocycles. The second-order valence-electron chi connectivity index (χ2n) is 4.67. The molecule has 2 aromatic rings. The first-order chi connectivity index (χ1) is 9.45. The number of hydrogen-bond acceptors (Lipinski definition) is 2. The highest BCUT2D eigenvalue weighted by Gasteiger charge is 2.09. The molecule has 0 heterocycles. The first-order valence-corrected chi connectivity index (χ1v) is 6.83. The minimum atomic E-state index is -0.883. The van der Waals surface area contributed by atoms with E-state index < -0.39 is 11.6 Å². The van der Waals surface area contributed by atoms with E-state index in [2.05, 4.69) is 0 Å². The highest BCUT2D eigenvalue weighted by Crippen LogP contribution is 2.32. The van der Waals surface area contributed by atoms with Gasteiger partial charge in [-0.1, -0.05) is 11.8 Å². The molecule has 0 aromatic heterocycles. The van der Waals surface area contributed by atoms with Crippen LogP contribution in [-0.2, 0) is 6.54 Å². The van der Waals surface area contributed by atoms with Gasteiger partial charge in [-0.15, -0.1) is 0 Å². The van der Waals surface area contributed by atoms with Gasteiger partial charge in [0.15, 0.2) is 11.6 Å². The van der Waals surface area contributed by atoms with Crippen LogP contribution in [0.4, 0.5) is 13.2 Å². The standard InChI is InChI=1S/C15H14F3NS/c1-19(2)9-10-7-11(16)3-6-15(10)20-12-4-5-13(17)14(18)8-12/h3-8H,9H2,1-2H3. The van der Waals surface area contributed by atoms with Crippen LogP contribution in [0.15, 0.2) is 46.2 Å². The van der Waals surface area contributed by atoms with Crippen LogP contribution in [0.25, 0.3) is 0 Å². The van der Waals surface area contributed by atoms with Gasteiger partial charge in [0.25, 0.3) is 0 Å². The zero-order valence-corrected chi connectivity index (χ0v) is 12.0. The maximum Gasteiger partial charge on any atom is 0.159 e.